The summed E-state index contributed by atoms with van der Waals surface area (Å²) in [5.74, 6) is -3.61. The van der Waals surface area contributed by atoms with Gasteiger partial charge in [0.2, 0.25) is 5.91 Å². The average molecular weight is 704 g/mol. The van der Waals surface area contributed by atoms with E-state index in [-0.39, 0.29) is 47.6 Å². The number of morpholine rings is 1. The van der Waals surface area contributed by atoms with Crippen LogP contribution in [-0.4, -0.2) is 58.3 Å². The monoisotopic (exact) mass is 703 g/mol. The number of hydrogen-bond acceptors (Lipinski definition) is 5. The first-order valence-corrected chi connectivity index (χ1v) is 16.7. The summed E-state index contributed by atoms with van der Waals surface area (Å²) in [7, 11) is 0. The number of aliphatic carboxylic acids is 1. The summed E-state index contributed by atoms with van der Waals surface area (Å²) in [5.41, 5.74) is -0.00728. The van der Waals surface area contributed by atoms with E-state index >= 15 is 4.39 Å². The molecule has 5 rings (SSSR count). The third-order valence-electron chi connectivity index (χ3n) is 9.62. The molecule has 2 aliphatic rings. The molecule has 2 aromatic carbocycles. The second kappa shape index (κ2) is 14.6. The Hall–Kier alpha value is -4.10. The topological polar surface area (TPSA) is 101 Å². The Morgan fingerprint density at radius 3 is 2.28 bits per heavy atom. The standard InChI is InChI=1S/C37H42F5N3O5/c1-19(2)8-31(45-16-23(29(14-32(45)46)37(40,41)42)6-7-44-17-27-13-26(44)18-50-27)36(49)43-30(15-33(47)48)28-12-24(9-22(5)35(28)39)34-20(3)10-25(38)11-21(34)4/h9-12,14,16,19,26-27,30-31H,6-8,13,15,17-18H2,1-5H3,(H,43,49)(H,47,48)/t26-,27-,30-,31+/m0/s1. The van der Waals surface area contributed by atoms with Crippen LogP contribution in [0.3, 0.4) is 0 Å². The number of amides is 1. The van der Waals surface area contributed by atoms with Crippen LogP contribution in [0.25, 0.3) is 11.1 Å². The van der Waals surface area contributed by atoms with Crippen molar-refractivity contribution < 1.29 is 41.4 Å². The van der Waals surface area contributed by atoms with Crippen LogP contribution in [0.5, 0.6) is 0 Å². The van der Waals surface area contributed by atoms with Crippen molar-refractivity contribution >= 4 is 11.9 Å². The molecule has 0 aliphatic carbocycles. The minimum absolute atomic E-state index is 0.0269. The number of aromatic nitrogens is 1. The fraction of sp³-hybridized carbons (Fsp3) is 0.486. The number of carboxylic acid groups (broad SMARTS) is 1. The van der Waals surface area contributed by atoms with Crippen molar-refractivity contribution in [1.29, 1.82) is 0 Å². The van der Waals surface area contributed by atoms with E-state index in [1.165, 1.54) is 25.1 Å². The first-order valence-electron chi connectivity index (χ1n) is 16.7. The van der Waals surface area contributed by atoms with Crippen LogP contribution in [0, 0.1) is 38.3 Å². The van der Waals surface area contributed by atoms with Gasteiger partial charge < -0.3 is 19.7 Å². The largest absolute Gasteiger partial charge is 0.481 e. The van der Waals surface area contributed by atoms with Crippen molar-refractivity contribution in [3.05, 3.63) is 91.9 Å². The number of rotatable bonds is 12. The Morgan fingerprint density at radius 2 is 1.72 bits per heavy atom. The highest BCUT2D eigenvalue weighted by Crippen LogP contribution is 2.36. The molecular formula is C37H42F5N3O5. The summed E-state index contributed by atoms with van der Waals surface area (Å²) in [5, 5.41) is 12.4. The molecule has 2 aliphatic heterocycles. The maximum absolute atomic E-state index is 15.8. The molecule has 2 N–H and O–H groups in total. The fourth-order valence-electron chi connectivity index (χ4n) is 7.35. The summed E-state index contributed by atoms with van der Waals surface area (Å²) in [6.45, 7) is 9.83. The number of alkyl halides is 3. The number of carbonyl (C=O) groups is 2. The van der Waals surface area contributed by atoms with Gasteiger partial charge in [-0.25, -0.2) is 8.78 Å². The maximum atomic E-state index is 15.8. The van der Waals surface area contributed by atoms with Crippen molar-refractivity contribution in [2.24, 2.45) is 5.92 Å². The number of nitrogens with one attached hydrogen (secondary N) is 1. The molecule has 2 bridgehead atoms. The molecule has 2 fully saturated rings. The summed E-state index contributed by atoms with van der Waals surface area (Å²) in [4.78, 5) is 41.5. The van der Waals surface area contributed by atoms with Crippen molar-refractivity contribution in [3.63, 3.8) is 0 Å². The van der Waals surface area contributed by atoms with Crippen LogP contribution in [0.1, 0.15) is 78.6 Å². The number of benzene rings is 2. The van der Waals surface area contributed by atoms with Crippen LogP contribution >= 0.6 is 0 Å². The zero-order valence-electron chi connectivity index (χ0n) is 28.7. The van der Waals surface area contributed by atoms with Crippen LogP contribution < -0.4 is 10.9 Å². The number of carboxylic acids is 1. The van der Waals surface area contributed by atoms with Gasteiger partial charge in [0, 0.05) is 37.0 Å². The summed E-state index contributed by atoms with van der Waals surface area (Å²) in [6.07, 6.45) is -3.60. The first-order chi connectivity index (χ1) is 23.4. The Balaban J connectivity index is 1.52. The molecule has 3 heterocycles. The molecule has 270 valence electrons. The first kappa shape index (κ1) is 37.2. The summed E-state index contributed by atoms with van der Waals surface area (Å²) < 4.78 is 79.0. The number of nitrogens with zero attached hydrogens (tertiary/aromatic N) is 2. The van der Waals surface area contributed by atoms with E-state index in [1.54, 1.807) is 33.8 Å². The van der Waals surface area contributed by atoms with E-state index in [1.807, 2.05) is 0 Å². The minimum atomic E-state index is -4.81. The lowest BCUT2D eigenvalue weighted by Crippen LogP contribution is -2.41. The third kappa shape index (κ3) is 8.10. The van der Waals surface area contributed by atoms with Gasteiger partial charge in [-0.3, -0.25) is 19.3 Å². The van der Waals surface area contributed by atoms with E-state index < -0.39 is 59.3 Å². The van der Waals surface area contributed by atoms with Gasteiger partial charge in [-0.2, -0.15) is 13.2 Å². The third-order valence-corrected chi connectivity index (χ3v) is 9.62. The van der Waals surface area contributed by atoms with E-state index in [0.29, 0.717) is 48.0 Å². The van der Waals surface area contributed by atoms with Crippen molar-refractivity contribution in [3.8, 4) is 11.1 Å². The van der Waals surface area contributed by atoms with Crippen LogP contribution in [-0.2, 0) is 26.9 Å². The SMILES string of the molecule is Cc1cc(-c2c(C)cc(F)cc2C)cc([C@H](CC(=O)O)NC(=O)[C@@H](CC(C)C)n2cc(CCN3C[C@@H]4C[C@H]3CO4)c(C(F)(F)F)cc2=O)c1F. The minimum Gasteiger partial charge on any atom is -0.481 e. The number of hydrogen-bond donors (Lipinski definition) is 2. The second-order valence-corrected chi connectivity index (χ2v) is 14.0. The number of ether oxygens (including phenoxy) is 1. The Kier molecular flexibility index (Phi) is 10.9. The van der Waals surface area contributed by atoms with E-state index in [4.69, 9.17) is 4.74 Å². The van der Waals surface area contributed by atoms with Gasteiger partial charge in [0.15, 0.2) is 0 Å². The van der Waals surface area contributed by atoms with Crippen molar-refractivity contribution in [2.45, 2.75) is 90.7 Å². The predicted molar refractivity (Wildman–Crippen MR) is 177 cm³/mol. The quantitative estimate of drug-likeness (QED) is 0.205. The normalized spacial score (nSPS) is 18.9. The van der Waals surface area contributed by atoms with Crippen LogP contribution in [0.4, 0.5) is 22.0 Å². The molecule has 0 radical (unpaired) electrons. The predicted octanol–water partition coefficient (Wildman–Crippen LogP) is 6.67. The van der Waals surface area contributed by atoms with Crippen molar-refractivity contribution in [2.75, 3.05) is 19.7 Å². The van der Waals surface area contributed by atoms with Gasteiger partial charge in [0.1, 0.15) is 17.7 Å². The molecule has 1 amide bonds. The van der Waals surface area contributed by atoms with Crippen LogP contribution in [0.2, 0.25) is 0 Å². The van der Waals surface area contributed by atoms with Crippen LogP contribution in [0.15, 0.2) is 41.3 Å². The lowest BCUT2D eigenvalue weighted by Gasteiger charge is -2.28. The number of likely N-dealkylation sites (tertiary alicyclic amines) is 1. The Morgan fingerprint density at radius 1 is 1.04 bits per heavy atom. The lowest BCUT2D eigenvalue weighted by atomic mass is 9.90. The highest BCUT2D eigenvalue weighted by molar-refractivity contribution is 5.82. The fourth-order valence-corrected chi connectivity index (χ4v) is 7.35. The summed E-state index contributed by atoms with van der Waals surface area (Å²) >= 11 is 0. The molecule has 1 aromatic heterocycles. The molecule has 2 saturated heterocycles. The average Bonchev–Trinajstić information content (AvgIpc) is 3.63. The second-order valence-electron chi connectivity index (χ2n) is 14.0. The smallest absolute Gasteiger partial charge is 0.416 e. The highest BCUT2D eigenvalue weighted by Gasteiger charge is 2.40. The zero-order chi connectivity index (χ0) is 36.7. The highest BCUT2D eigenvalue weighted by atomic mass is 19.4. The van der Waals surface area contributed by atoms with E-state index in [2.05, 4.69) is 10.2 Å². The van der Waals surface area contributed by atoms with Gasteiger partial charge in [-0.05, 0) is 104 Å². The Labute approximate surface area is 287 Å². The number of halogens is 5. The molecule has 0 unspecified atom stereocenters. The molecule has 13 heteroatoms. The lowest BCUT2D eigenvalue weighted by molar-refractivity contribution is -0.139. The molecule has 50 heavy (non-hydrogen) atoms. The zero-order valence-corrected chi connectivity index (χ0v) is 28.7. The van der Waals surface area contributed by atoms with Gasteiger partial charge in [0.25, 0.3) is 5.56 Å². The molecule has 3 aromatic rings. The van der Waals surface area contributed by atoms with Gasteiger partial charge in [-0.1, -0.05) is 13.8 Å². The number of aryl methyl sites for hydroxylation is 3. The number of carbonyl (C=O) groups excluding carboxylic acids is 1. The Bertz CT molecular complexity index is 1820. The van der Waals surface area contributed by atoms with E-state index in [9.17, 15) is 37.1 Å². The molecule has 8 nitrogen and oxygen atoms in total. The number of fused-ring (bicyclic) bond motifs is 2. The maximum Gasteiger partial charge on any atom is 0.416 e. The number of pyridine rings is 1. The molecule has 0 saturated carbocycles. The van der Waals surface area contributed by atoms with Gasteiger partial charge in [-0.15, -0.1) is 0 Å². The summed E-state index contributed by atoms with van der Waals surface area (Å²) in [6, 6.07) is 3.50. The molecule has 0 spiro atoms. The molecule has 4 atom stereocenters. The van der Waals surface area contributed by atoms with E-state index in [0.717, 1.165) is 17.2 Å². The van der Waals surface area contributed by atoms with Gasteiger partial charge in [0.05, 0.1) is 30.7 Å². The molecular weight excluding hydrogens is 661 g/mol. The van der Waals surface area contributed by atoms with Crippen molar-refractivity contribution in [1.82, 2.24) is 14.8 Å². The van der Waals surface area contributed by atoms with Gasteiger partial charge >= 0.3 is 12.1 Å².